The summed E-state index contributed by atoms with van der Waals surface area (Å²) < 4.78 is 1.58. The fourth-order valence-corrected chi connectivity index (χ4v) is 3.76. The van der Waals surface area contributed by atoms with Crippen LogP contribution in [0.25, 0.3) is 0 Å². The van der Waals surface area contributed by atoms with Crippen molar-refractivity contribution in [2.45, 2.75) is 51.4 Å². The van der Waals surface area contributed by atoms with E-state index in [0.717, 1.165) is 38.5 Å². The first kappa shape index (κ1) is 19.7. The van der Waals surface area contributed by atoms with E-state index in [0.29, 0.717) is 11.1 Å². The Kier molecular flexibility index (Phi) is 12.2. The van der Waals surface area contributed by atoms with Gasteiger partial charge in [-0.2, -0.15) is 0 Å². The Morgan fingerprint density at radius 3 is 2.13 bits per heavy atom. The van der Waals surface area contributed by atoms with Crippen LogP contribution in [0.4, 0.5) is 0 Å². The number of benzene rings is 1. The molecule has 0 radical (unpaired) electrons. The van der Waals surface area contributed by atoms with Gasteiger partial charge in [-0.05, 0) is 6.42 Å². The molecule has 0 N–H and O–H groups in total. The Morgan fingerprint density at radius 1 is 0.870 bits per heavy atom. The van der Waals surface area contributed by atoms with Gasteiger partial charge in [-0.15, -0.1) is 6.58 Å². The molecule has 0 aliphatic rings. The van der Waals surface area contributed by atoms with Crippen LogP contribution in [0.5, 0.6) is 0 Å². The van der Waals surface area contributed by atoms with E-state index >= 15 is 0 Å². The topological polar surface area (TPSA) is 17.1 Å². The minimum absolute atomic E-state index is 0.0125. The Morgan fingerprint density at radius 2 is 1.48 bits per heavy atom. The number of allylic oxidation sites excluding steroid dienone is 5. The second-order valence-corrected chi connectivity index (χ2v) is 7.79. The zero-order valence-electron chi connectivity index (χ0n) is 14.0. The number of unbranched alkanes of at least 4 members (excludes halogenated alkanes) is 4. The molecule has 0 aliphatic heterocycles. The van der Waals surface area contributed by atoms with Gasteiger partial charge in [-0.25, -0.2) is 0 Å². The first-order valence-electron chi connectivity index (χ1n) is 8.49. The standard InChI is InChI=1S/C21H28OSe/c1-2-3-4-5-6-7-8-9-10-11-12-16-19-21(22)23-20-17-14-13-15-18-20/h2,6-7,10-11,13-15,17-18H,1,3-5,8-9,12,16,19H2/b7-6+,11-10-. The molecule has 0 heterocycles. The molecule has 0 aromatic heterocycles. The molecule has 0 saturated carbocycles. The molecular formula is C21H28OSe. The van der Waals surface area contributed by atoms with Crippen molar-refractivity contribution in [1.82, 2.24) is 0 Å². The van der Waals surface area contributed by atoms with Crippen LogP contribution in [0.15, 0.2) is 67.3 Å². The van der Waals surface area contributed by atoms with E-state index in [-0.39, 0.29) is 15.0 Å². The van der Waals surface area contributed by atoms with Crippen LogP contribution >= 0.6 is 0 Å². The quantitative estimate of drug-likeness (QED) is 0.271. The van der Waals surface area contributed by atoms with Crippen LogP contribution in [0.2, 0.25) is 0 Å². The Balaban J connectivity index is 1.97. The van der Waals surface area contributed by atoms with Crippen LogP contribution in [0, 0.1) is 0 Å². The maximum absolute atomic E-state index is 11.9. The van der Waals surface area contributed by atoms with Crippen molar-refractivity contribution < 1.29 is 4.79 Å². The summed E-state index contributed by atoms with van der Waals surface area (Å²) in [6, 6.07) is 10.1. The molecule has 0 unspecified atom stereocenters. The summed E-state index contributed by atoms with van der Waals surface area (Å²) in [6.45, 7) is 3.72. The van der Waals surface area contributed by atoms with Gasteiger partial charge in [0.15, 0.2) is 0 Å². The van der Waals surface area contributed by atoms with Crippen LogP contribution in [-0.4, -0.2) is 19.6 Å². The van der Waals surface area contributed by atoms with Crippen molar-refractivity contribution in [3.05, 3.63) is 67.3 Å². The summed E-state index contributed by atoms with van der Waals surface area (Å²) in [5.74, 6) is 0. The van der Waals surface area contributed by atoms with Crippen molar-refractivity contribution in [1.29, 1.82) is 0 Å². The zero-order chi connectivity index (χ0) is 16.6. The minimum atomic E-state index is -0.0125. The molecule has 1 aromatic rings. The van der Waals surface area contributed by atoms with Crippen molar-refractivity contribution >= 4 is 24.1 Å². The fourth-order valence-electron chi connectivity index (χ4n) is 2.08. The Hall–Kier alpha value is -1.37. The van der Waals surface area contributed by atoms with Crippen molar-refractivity contribution in [3.8, 4) is 0 Å². The van der Waals surface area contributed by atoms with Gasteiger partial charge in [-0.1, -0.05) is 6.08 Å². The van der Waals surface area contributed by atoms with Crippen molar-refractivity contribution in [3.63, 3.8) is 0 Å². The molecule has 0 amide bonds. The van der Waals surface area contributed by atoms with Crippen LogP contribution in [-0.2, 0) is 4.79 Å². The predicted molar refractivity (Wildman–Crippen MR) is 102 cm³/mol. The van der Waals surface area contributed by atoms with E-state index < -0.39 is 0 Å². The Bertz CT molecular complexity index is 488. The number of carbonyl (C=O) groups excluding carboxylic acids is 1. The average molecular weight is 375 g/mol. The number of carbonyl (C=O) groups is 1. The second-order valence-electron chi connectivity index (χ2n) is 5.42. The normalized spacial score (nSPS) is 11.3. The summed E-state index contributed by atoms with van der Waals surface area (Å²) in [7, 11) is 0. The summed E-state index contributed by atoms with van der Waals surface area (Å²) in [6.07, 6.45) is 19.3. The maximum atomic E-state index is 11.9. The fraction of sp³-hybridized carbons (Fsp3) is 0.381. The number of hydrogen-bond donors (Lipinski definition) is 0. The molecule has 0 bridgehead atoms. The van der Waals surface area contributed by atoms with Crippen molar-refractivity contribution in [2.24, 2.45) is 0 Å². The third-order valence-electron chi connectivity index (χ3n) is 3.34. The molecule has 23 heavy (non-hydrogen) atoms. The van der Waals surface area contributed by atoms with Gasteiger partial charge in [0, 0.05) is 0 Å². The van der Waals surface area contributed by atoms with E-state index in [1.807, 2.05) is 36.4 Å². The van der Waals surface area contributed by atoms with Gasteiger partial charge in [0.25, 0.3) is 0 Å². The van der Waals surface area contributed by atoms with Crippen LogP contribution in [0.1, 0.15) is 51.4 Å². The van der Waals surface area contributed by atoms with Gasteiger partial charge < -0.3 is 0 Å². The first-order valence-corrected chi connectivity index (χ1v) is 10.2. The molecule has 0 fully saturated rings. The second kappa shape index (κ2) is 14.2. The van der Waals surface area contributed by atoms with Crippen LogP contribution < -0.4 is 4.46 Å². The molecular weight excluding hydrogens is 347 g/mol. The summed E-state index contributed by atoms with van der Waals surface area (Å²) in [5, 5.41) is 0. The Labute approximate surface area is 147 Å². The van der Waals surface area contributed by atoms with E-state index in [4.69, 9.17) is 0 Å². The SMILES string of the molecule is C=CCCC/C=C/CC/C=C\CCCC(=O)[Se]c1ccccc1. The molecule has 2 heteroatoms. The molecule has 124 valence electrons. The molecule has 0 aliphatic carbocycles. The van der Waals surface area contributed by atoms with Gasteiger partial charge in [0.1, 0.15) is 0 Å². The van der Waals surface area contributed by atoms with E-state index in [1.54, 1.807) is 0 Å². The van der Waals surface area contributed by atoms with Crippen molar-refractivity contribution in [2.75, 3.05) is 0 Å². The van der Waals surface area contributed by atoms with E-state index in [1.165, 1.54) is 10.9 Å². The van der Waals surface area contributed by atoms with E-state index in [2.05, 4.69) is 30.9 Å². The number of rotatable bonds is 13. The summed E-state index contributed by atoms with van der Waals surface area (Å²) >= 11 is -0.0125. The summed E-state index contributed by atoms with van der Waals surface area (Å²) in [5.41, 5.74) is 0. The third kappa shape index (κ3) is 11.8. The van der Waals surface area contributed by atoms with Gasteiger partial charge in [0.05, 0.1) is 0 Å². The monoisotopic (exact) mass is 376 g/mol. The first-order chi connectivity index (χ1) is 11.3. The molecule has 0 spiro atoms. The van der Waals surface area contributed by atoms with Gasteiger partial charge in [-0.3, -0.25) is 0 Å². The molecule has 1 rings (SSSR count). The average Bonchev–Trinajstić information content (AvgIpc) is 2.57. The zero-order valence-corrected chi connectivity index (χ0v) is 15.7. The number of hydrogen-bond acceptors (Lipinski definition) is 1. The van der Waals surface area contributed by atoms with E-state index in [9.17, 15) is 4.79 Å². The molecule has 0 atom stereocenters. The van der Waals surface area contributed by atoms with Gasteiger partial charge >= 0.3 is 128 Å². The molecule has 0 saturated heterocycles. The van der Waals surface area contributed by atoms with Gasteiger partial charge in [0.2, 0.25) is 0 Å². The molecule has 1 nitrogen and oxygen atoms in total. The van der Waals surface area contributed by atoms with Crippen LogP contribution in [0.3, 0.4) is 0 Å². The third-order valence-corrected chi connectivity index (χ3v) is 5.31. The predicted octanol–water partition coefficient (Wildman–Crippen LogP) is 4.96. The molecule has 1 aromatic carbocycles. The summed E-state index contributed by atoms with van der Waals surface area (Å²) in [4.78, 5) is 11.9.